The third kappa shape index (κ3) is 2.00. The normalized spacial score (nSPS) is 18.4. The minimum absolute atomic E-state index is 0.500. The van der Waals surface area contributed by atoms with Gasteiger partial charge in [0.1, 0.15) is 5.75 Å². The summed E-state index contributed by atoms with van der Waals surface area (Å²) in [6, 6.07) is 4.68. The van der Waals surface area contributed by atoms with E-state index < -0.39 is 0 Å². The second kappa shape index (κ2) is 4.34. The number of fused-ring (bicyclic) bond motifs is 1. The van der Waals surface area contributed by atoms with Gasteiger partial charge in [-0.3, -0.25) is 0 Å². The number of nitrogens with zero attached hydrogens (tertiary/aromatic N) is 1. The van der Waals surface area contributed by atoms with Gasteiger partial charge in [-0.05, 0) is 44.6 Å². The van der Waals surface area contributed by atoms with E-state index in [2.05, 4.69) is 37.3 Å². The topological polar surface area (TPSA) is 24.5 Å². The molecule has 0 amide bonds. The number of hydrogen-bond donors (Lipinski definition) is 1. The van der Waals surface area contributed by atoms with Crippen LogP contribution in [0.5, 0.6) is 5.75 Å². The van der Waals surface area contributed by atoms with Crippen LogP contribution in [0.15, 0.2) is 12.1 Å². The maximum absolute atomic E-state index is 5.39. The van der Waals surface area contributed by atoms with Gasteiger partial charge in [0.2, 0.25) is 0 Å². The van der Waals surface area contributed by atoms with Gasteiger partial charge in [0.05, 0.1) is 12.8 Å². The maximum Gasteiger partial charge on any atom is 0.142 e. The first-order valence-electron chi connectivity index (χ1n) is 5.69. The van der Waals surface area contributed by atoms with E-state index >= 15 is 0 Å². The van der Waals surface area contributed by atoms with Crippen LogP contribution in [0.2, 0.25) is 0 Å². The smallest absolute Gasteiger partial charge is 0.142 e. The average molecular weight is 220 g/mol. The largest absolute Gasteiger partial charge is 0.495 e. The third-order valence-electron chi connectivity index (χ3n) is 3.11. The van der Waals surface area contributed by atoms with Crippen LogP contribution in [0, 0.1) is 6.92 Å². The van der Waals surface area contributed by atoms with Crippen molar-refractivity contribution in [1.29, 1.82) is 0 Å². The van der Waals surface area contributed by atoms with E-state index in [-0.39, 0.29) is 0 Å². The monoisotopic (exact) mass is 220 g/mol. The molecule has 0 bridgehead atoms. The molecular weight excluding hydrogens is 200 g/mol. The average Bonchev–Trinajstić information content (AvgIpc) is 2.62. The van der Waals surface area contributed by atoms with Gasteiger partial charge < -0.3 is 15.0 Å². The number of hydrogen-bond acceptors (Lipinski definition) is 3. The first-order chi connectivity index (χ1) is 7.61. The number of aryl methyl sites for hydroxylation is 1. The first-order valence-corrected chi connectivity index (χ1v) is 5.69. The van der Waals surface area contributed by atoms with Crippen LogP contribution in [0.3, 0.4) is 0 Å². The zero-order chi connectivity index (χ0) is 11.7. The van der Waals surface area contributed by atoms with E-state index in [4.69, 9.17) is 4.74 Å². The number of likely N-dealkylation sites (N-methyl/N-ethyl adjacent to an activating group) is 1. The number of nitrogens with one attached hydrogen (secondary N) is 1. The summed E-state index contributed by atoms with van der Waals surface area (Å²) < 4.78 is 5.39. The zero-order valence-corrected chi connectivity index (χ0v) is 10.5. The lowest BCUT2D eigenvalue weighted by Gasteiger charge is -2.17. The second-order valence-corrected chi connectivity index (χ2v) is 4.75. The molecular formula is C13H20N2O. The van der Waals surface area contributed by atoms with Gasteiger partial charge in [-0.25, -0.2) is 0 Å². The lowest BCUT2D eigenvalue weighted by molar-refractivity contribution is 0.385. The van der Waals surface area contributed by atoms with Crippen molar-refractivity contribution in [3.8, 4) is 5.75 Å². The fraction of sp³-hybridized carbons (Fsp3) is 0.538. The van der Waals surface area contributed by atoms with Crippen LogP contribution in [-0.2, 0) is 6.42 Å². The predicted molar refractivity (Wildman–Crippen MR) is 67.4 cm³/mol. The fourth-order valence-electron chi connectivity index (χ4n) is 2.37. The molecule has 1 heterocycles. The van der Waals surface area contributed by atoms with Crippen LogP contribution in [0.4, 0.5) is 5.69 Å². The molecule has 0 radical (unpaired) electrons. The summed E-state index contributed by atoms with van der Waals surface area (Å²) in [6.45, 7) is 3.22. The van der Waals surface area contributed by atoms with Gasteiger partial charge in [0.25, 0.3) is 0 Å². The van der Waals surface area contributed by atoms with Crippen molar-refractivity contribution in [2.75, 3.05) is 33.1 Å². The molecule has 1 atom stereocenters. The van der Waals surface area contributed by atoms with Crippen LogP contribution < -0.4 is 10.1 Å². The third-order valence-corrected chi connectivity index (χ3v) is 3.11. The number of rotatable bonds is 3. The molecule has 1 aliphatic heterocycles. The Hall–Kier alpha value is -1.22. The molecule has 3 nitrogen and oxygen atoms in total. The fourth-order valence-corrected chi connectivity index (χ4v) is 2.37. The number of methoxy groups -OCH3 is 1. The minimum Gasteiger partial charge on any atom is -0.495 e. The van der Waals surface area contributed by atoms with E-state index in [0.717, 1.165) is 18.7 Å². The molecule has 88 valence electrons. The molecule has 3 heteroatoms. The Morgan fingerprint density at radius 2 is 2.19 bits per heavy atom. The van der Waals surface area contributed by atoms with Crippen molar-refractivity contribution < 1.29 is 4.74 Å². The quantitative estimate of drug-likeness (QED) is 0.842. The van der Waals surface area contributed by atoms with Crippen LogP contribution in [-0.4, -0.2) is 38.7 Å². The molecule has 0 fully saturated rings. The zero-order valence-electron chi connectivity index (χ0n) is 10.5. The minimum atomic E-state index is 0.500. The molecule has 16 heavy (non-hydrogen) atoms. The molecule has 1 aliphatic rings. The van der Waals surface area contributed by atoms with E-state index in [1.54, 1.807) is 7.11 Å². The van der Waals surface area contributed by atoms with Crippen LogP contribution in [0.25, 0.3) is 0 Å². The highest BCUT2D eigenvalue weighted by Crippen LogP contribution is 2.37. The van der Waals surface area contributed by atoms with E-state index in [1.165, 1.54) is 16.8 Å². The Morgan fingerprint density at radius 1 is 1.44 bits per heavy atom. The molecule has 0 saturated heterocycles. The van der Waals surface area contributed by atoms with Gasteiger partial charge in [0, 0.05) is 12.6 Å². The van der Waals surface area contributed by atoms with Gasteiger partial charge in [-0.2, -0.15) is 0 Å². The lowest BCUT2D eigenvalue weighted by atomic mass is 10.0. The van der Waals surface area contributed by atoms with Gasteiger partial charge in [-0.15, -0.1) is 0 Å². The summed E-state index contributed by atoms with van der Waals surface area (Å²) in [4.78, 5) is 2.21. The van der Waals surface area contributed by atoms with Crippen molar-refractivity contribution in [2.45, 2.75) is 19.4 Å². The number of ether oxygens (including phenoxy) is 1. The van der Waals surface area contributed by atoms with E-state index in [1.807, 2.05) is 6.07 Å². The summed E-state index contributed by atoms with van der Waals surface area (Å²) in [5.41, 5.74) is 3.95. The lowest BCUT2D eigenvalue weighted by Crippen LogP contribution is -2.30. The molecule has 1 aromatic carbocycles. The highest BCUT2D eigenvalue weighted by molar-refractivity contribution is 5.68. The van der Waals surface area contributed by atoms with Crippen LogP contribution >= 0.6 is 0 Å². The molecule has 0 spiro atoms. The summed E-state index contributed by atoms with van der Waals surface area (Å²) >= 11 is 0. The predicted octanol–water partition coefficient (Wildman–Crippen LogP) is 1.90. The van der Waals surface area contributed by atoms with E-state index in [0.29, 0.717) is 6.04 Å². The highest BCUT2D eigenvalue weighted by atomic mass is 16.5. The summed E-state index contributed by atoms with van der Waals surface area (Å²) in [5.74, 6) is 0.960. The van der Waals surface area contributed by atoms with Gasteiger partial charge in [0.15, 0.2) is 0 Å². The van der Waals surface area contributed by atoms with Crippen molar-refractivity contribution in [2.24, 2.45) is 0 Å². The number of anilines is 1. The Balaban J connectivity index is 2.25. The molecule has 1 unspecified atom stereocenters. The Morgan fingerprint density at radius 3 is 2.81 bits per heavy atom. The van der Waals surface area contributed by atoms with Crippen molar-refractivity contribution >= 4 is 5.69 Å². The van der Waals surface area contributed by atoms with Crippen molar-refractivity contribution in [3.05, 3.63) is 23.3 Å². The molecule has 1 aromatic rings. The molecule has 0 aromatic heterocycles. The first kappa shape index (κ1) is 11.3. The SMILES string of the molecule is COc1ccc(C)c2c1NC(CN(C)C)C2. The Labute approximate surface area is 97.4 Å². The van der Waals surface area contributed by atoms with Crippen molar-refractivity contribution in [1.82, 2.24) is 4.90 Å². The second-order valence-electron chi connectivity index (χ2n) is 4.75. The summed E-state index contributed by atoms with van der Waals surface area (Å²) in [7, 11) is 5.94. The molecule has 1 N–H and O–H groups in total. The highest BCUT2D eigenvalue weighted by Gasteiger charge is 2.25. The Bertz CT molecular complexity index is 388. The van der Waals surface area contributed by atoms with Crippen LogP contribution in [0.1, 0.15) is 11.1 Å². The van der Waals surface area contributed by atoms with E-state index in [9.17, 15) is 0 Å². The molecule has 0 aliphatic carbocycles. The molecule has 0 saturated carbocycles. The molecule has 2 rings (SSSR count). The summed E-state index contributed by atoms with van der Waals surface area (Å²) in [6.07, 6.45) is 1.09. The number of benzene rings is 1. The Kier molecular flexibility index (Phi) is 3.06. The van der Waals surface area contributed by atoms with Gasteiger partial charge in [-0.1, -0.05) is 6.07 Å². The van der Waals surface area contributed by atoms with Gasteiger partial charge >= 0.3 is 0 Å². The summed E-state index contributed by atoms with van der Waals surface area (Å²) in [5, 5.41) is 3.56. The maximum atomic E-state index is 5.39. The standard InChI is InChI=1S/C13H20N2O/c1-9-5-6-12(16-4)13-11(9)7-10(14-13)8-15(2)3/h5-6,10,14H,7-8H2,1-4H3. The van der Waals surface area contributed by atoms with Crippen molar-refractivity contribution in [3.63, 3.8) is 0 Å².